The van der Waals surface area contributed by atoms with Crippen LogP contribution in [-0.2, 0) is 4.79 Å². The van der Waals surface area contributed by atoms with E-state index in [2.05, 4.69) is 17.3 Å². The average Bonchev–Trinajstić information content (AvgIpc) is 2.25. The van der Waals surface area contributed by atoms with Crippen LogP contribution in [0.25, 0.3) is 0 Å². The van der Waals surface area contributed by atoms with E-state index in [0.717, 1.165) is 0 Å². The number of halogens is 13. The molecule has 0 rings (SSSR count). The summed E-state index contributed by atoms with van der Waals surface area (Å²) in [5.74, 6) is -40.9. The summed E-state index contributed by atoms with van der Waals surface area (Å²) < 4.78 is 151. The van der Waals surface area contributed by atoms with Gasteiger partial charge < -0.3 is 5.73 Å². The minimum absolute atomic E-state index is 3.42. The predicted octanol–water partition coefficient (Wildman–Crippen LogP) is 3.48. The van der Waals surface area contributed by atoms with Crippen LogP contribution in [0, 0.1) is 0 Å². The van der Waals surface area contributed by atoms with Crippen LogP contribution in [0.1, 0.15) is 0 Å². The lowest BCUT2D eigenvalue weighted by molar-refractivity contribution is -0.411. The number of carbonyl (C=O) groups is 1. The molecule has 0 unspecified atom stereocenters. The van der Waals surface area contributed by atoms with Crippen LogP contribution in [0.2, 0.25) is 0 Å². The van der Waals surface area contributed by atoms with Gasteiger partial charge in [-0.15, -0.1) is 0 Å². The van der Waals surface area contributed by atoms with Gasteiger partial charge in [-0.2, -0.15) is 52.7 Å². The van der Waals surface area contributed by atoms with Crippen molar-refractivity contribution in [1.29, 1.82) is 0 Å². The van der Waals surface area contributed by atoms with Crippen molar-refractivity contribution >= 4 is 17.5 Å². The third kappa shape index (κ3) is 2.44. The van der Waals surface area contributed by atoms with Gasteiger partial charge in [-0.1, -0.05) is 0 Å². The first-order valence-corrected chi connectivity index (χ1v) is 4.83. The van der Waals surface area contributed by atoms with Crippen molar-refractivity contribution in [3.8, 4) is 0 Å². The van der Waals surface area contributed by atoms with Crippen LogP contribution < -0.4 is 5.73 Å². The van der Waals surface area contributed by atoms with E-state index in [1.807, 2.05) is 0 Å². The van der Waals surface area contributed by atoms with Crippen molar-refractivity contribution in [2.24, 2.45) is 5.73 Å². The Labute approximate surface area is 117 Å². The van der Waals surface area contributed by atoms with E-state index in [1.165, 1.54) is 0 Å². The maximum atomic E-state index is 12.8. The van der Waals surface area contributed by atoms with E-state index >= 15 is 0 Å². The lowest BCUT2D eigenvalue weighted by Gasteiger charge is -2.39. The Morgan fingerprint density at radius 1 is 0.636 bits per heavy atom. The summed E-state index contributed by atoms with van der Waals surface area (Å²) in [6, 6.07) is 0. The number of amides is 1. The highest BCUT2D eigenvalue weighted by Gasteiger charge is 2.90. The van der Waals surface area contributed by atoms with E-state index in [-0.39, 0.29) is 0 Å². The Hall–Kier alpha value is -1.08. The summed E-state index contributed by atoms with van der Waals surface area (Å²) in [6.07, 6.45) is 0. The van der Waals surface area contributed by atoms with Gasteiger partial charge in [-0.25, -0.2) is 0 Å². The predicted molar refractivity (Wildman–Crippen MR) is 44.7 cm³/mol. The Morgan fingerprint density at radius 3 is 1.14 bits per heavy atom. The molecule has 0 aromatic rings. The first-order chi connectivity index (χ1) is 9.19. The maximum Gasteiger partial charge on any atom is 0.393 e. The smallest absolute Gasteiger partial charge is 0.364 e. The first kappa shape index (κ1) is 20.9. The van der Waals surface area contributed by atoms with Crippen LogP contribution in [0.5, 0.6) is 0 Å². The molecule has 0 radical (unpaired) electrons. The van der Waals surface area contributed by atoms with Gasteiger partial charge in [-0.3, -0.25) is 4.79 Å². The highest BCUT2D eigenvalue weighted by atomic mass is 35.5. The van der Waals surface area contributed by atoms with E-state index in [9.17, 15) is 57.5 Å². The SMILES string of the molecule is NC(=O)C(F)(F)C(F)(F)C(F)(F)C(F)(F)C(F)(F)C(F)(F)Cl. The summed E-state index contributed by atoms with van der Waals surface area (Å²) in [6.45, 7) is 0. The van der Waals surface area contributed by atoms with Crippen molar-refractivity contribution in [2.45, 2.75) is 35.0 Å². The zero-order chi connectivity index (χ0) is 18.6. The molecule has 0 atom stereocenters. The molecule has 132 valence electrons. The van der Waals surface area contributed by atoms with Crippen molar-refractivity contribution in [2.75, 3.05) is 0 Å². The fourth-order valence-corrected chi connectivity index (χ4v) is 1.04. The Kier molecular flexibility index (Phi) is 4.72. The molecule has 2 N–H and O–H groups in total. The van der Waals surface area contributed by atoms with E-state index in [1.54, 1.807) is 0 Å². The second kappa shape index (κ2) is 4.96. The lowest BCUT2D eigenvalue weighted by Crippen LogP contribution is -2.71. The number of rotatable bonds is 6. The number of alkyl halides is 13. The van der Waals surface area contributed by atoms with Crippen molar-refractivity contribution in [3.63, 3.8) is 0 Å². The van der Waals surface area contributed by atoms with Gasteiger partial charge in [0.1, 0.15) is 0 Å². The summed E-state index contributed by atoms with van der Waals surface area (Å²) in [5.41, 5.74) is 3.58. The molecule has 0 spiro atoms. The molecule has 2 nitrogen and oxygen atoms in total. The van der Waals surface area contributed by atoms with E-state index in [0.29, 0.717) is 0 Å². The van der Waals surface area contributed by atoms with Gasteiger partial charge in [0.05, 0.1) is 0 Å². The summed E-state index contributed by atoms with van der Waals surface area (Å²) in [4.78, 5) is 9.94. The van der Waals surface area contributed by atoms with Gasteiger partial charge in [0.15, 0.2) is 0 Å². The molecule has 0 saturated carbocycles. The van der Waals surface area contributed by atoms with Gasteiger partial charge in [-0.05, 0) is 11.6 Å². The normalized spacial score (nSPS) is 15.9. The molecule has 22 heavy (non-hydrogen) atoms. The molecule has 0 aromatic carbocycles. The average molecular weight is 380 g/mol. The number of hydrogen-bond donors (Lipinski definition) is 1. The molecule has 15 heteroatoms. The van der Waals surface area contributed by atoms with Crippen molar-refractivity contribution in [3.05, 3.63) is 0 Å². The summed E-state index contributed by atoms with van der Waals surface area (Å²) in [5, 5.41) is -6.52. The lowest BCUT2D eigenvalue weighted by atomic mass is 9.94. The molecule has 0 aliphatic rings. The van der Waals surface area contributed by atoms with Gasteiger partial charge >= 0.3 is 35.0 Å². The van der Waals surface area contributed by atoms with Gasteiger partial charge in [0, 0.05) is 0 Å². The molecule has 0 saturated heterocycles. The highest BCUT2D eigenvalue weighted by Crippen LogP contribution is 2.60. The molecule has 0 bridgehead atoms. The monoisotopic (exact) mass is 379 g/mol. The number of nitrogens with two attached hydrogens (primary N) is 1. The summed E-state index contributed by atoms with van der Waals surface area (Å²) >= 11 is 3.42. The van der Waals surface area contributed by atoms with Crippen LogP contribution in [0.4, 0.5) is 52.7 Å². The van der Waals surface area contributed by atoms with Crippen LogP contribution in [-0.4, -0.2) is 40.9 Å². The third-order valence-corrected chi connectivity index (χ3v) is 2.48. The third-order valence-electron chi connectivity index (χ3n) is 2.24. The first-order valence-electron chi connectivity index (χ1n) is 4.45. The fourth-order valence-electron chi connectivity index (χ4n) is 0.924. The zero-order valence-corrected chi connectivity index (χ0v) is 10.2. The molecule has 0 aliphatic carbocycles. The molecule has 1 amide bonds. The number of hydrogen-bond acceptors (Lipinski definition) is 1. The summed E-state index contributed by atoms with van der Waals surface area (Å²) in [7, 11) is 0. The number of carbonyl (C=O) groups excluding carboxylic acids is 1. The second-order valence-electron chi connectivity index (χ2n) is 3.73. The Morgan fingerprint density at radius 2 is 0.909 bits per heavy atom. The van der Waals surface area contributed by atoms with E-state index < -0.39 is 40.9 Å². The van der Waals surface area contributed by atoms with Crippen molar-refractivity contribution < 1.29 is 57.5 Å². The quantitative estimate of drug-likeness (QED) is 0.557. The highest BCUT2D eigenvalue weighted by molar-refractivity contribution is 6.22. The minimum atomic E-state index is -7.83. The second-order valence-corrected chi connectivity index (χ2v) is 4.21. The van der Waals surface area contributed by atoms with Gasteiger partial charge in [0.25, 0.3) is 5.91 Å². The molecule has 0 fully saturated rings. The zero-order valence-electron chi connectivity index (χ0n) is 9.40. The van der Waals surface area contributed by atoms with Crippen LogP contribution >= 0.6 is 11.6 Å². The van der Waals surface area contributed by atoms with E-state index in [4.69, 9.17) is 0 Å². The standard InChI is InChI=1S/C7H2ClF12NO/c8-7(19,20)6(17,18)5(15,16)4(13,14)3(11,12)2(9,10)1(21)22/h(H2,21,22). The van der Waals surface area contributed by atoms with Crippen LogP contribution in [0.15, 0.2) is 0 Å². The van der Waals surface area contributed by atoms with Crippen molar-refractivity contribution in [1.82, 2.24) is 0 Å². The topological polar surface area (TPSA) is 43.1 Å². The Bertz CT molecular complexity index is 455. The maximum absolute atomic E-state index is 12.8. The molecule has 0 aromatic heterocycles. The van der Waals surface area contributed by atoms with Crippen LogP contribution in [0.3, 0.4) is 0 Å². The minimum Gasteiger partial charge on any atom is -0.364 e. The molecule has 0 aliphatic heterocycles. The fraction of sp³-hybridized carbons (Fsp3) is 0.857. The number of primary amides is 1. The van der Waals surface area contributed by atoms with Gasteiger partial charge in [0.2, 0.25) is 0 Å². The molecular formula is C7H2ClF12NO. The Balaban J connectivity index is 6.29. The molecular weight excluding hydrogens is 378 g/mol. The largest absolute Gasteiger partial charge is 0.393 e. The molecule has 0 heterocycles.